The Bertz CT molecular complexity index is 1680. The Balaban J connectivity index is 1.39. The van der Waals surface area contributed by atoms with Crippen molar-refractivity contribution in [3.05, 3.63) is 102 Å². The van der Waals surface area contributed by atoms with E-state index in [9.17, 15) is 4.79 Å². The first-order valence-electron chi connectivity index (χ1n) is 10.7. The van der Waals surface area contributed by atoms with Gasteiger partial charge in [0.25, 0.3) is 5.91 Å². The van der Waals surface area contributed by atoms with E-state index in [1.54, 1.807) is 4.52 Å². The third kappa shape index (κ3) is 3.20. The summed E-state index contributed by atoms with van der Waals surface area (Å²) in [6.07, 6.45) is 0. The molecule has 0 fully saturated rings. The molecule has 0 atom stereocenters. The molecule has 0 aliphatic heterocycles. The summed E-state index contributed by atoms with van der Waals surface area (Å²) >= 11 is 0. The van der Waals surface area contributed by atoms with Gasteiger partial charge in [0.1, 0.15) is 0 Å². The number of fused-ring (bicyclic) bond motifs is 4. The molecule has 6 heteroatoms. The maximum absolute atomic E-state index is 13.1. The van der Waals surface area contributed by atoms with Crippen LogP contribution in [0, 0.1) is 6.92 Å². The highest BCUT2D eigenvalue weighted by Crippen LogP contribution is 2.27. The summed E-state index contributed by atoms with van der Waals surface area (Å²) in [7, 11) is 0. The molecule has 0 aliphatic rings. The zero-order valence-electron chi connectivity index (χ0n) is 17.9. The fourth-order valence-electron chi connectivity index (χ4n) is 4.28. The second-order valence-electron chi connectivity index (χ2n) is 7.95. The third-order valence-corrected chi connectivity index (χ3v) is 5.86. The fraction of sp³-hybridized carbons (Fsp3) is 0.0370. The topological polar surface area (TPSA) is 72.2 Å². The Kier molecular flexibility index (Phi) is 4.36. The summed E-state index contributed by atoms with van der Waals surface area (Å²) in [6.45, 7) is 1.98. The number of anilines is 1. The zero-order valence-corrected chi connectivity index (χ0v) is 17.9. The van der Waals surface area contributed by atoms with Gasteiger partial charge in [0.15, 0.2) is 11.5 Å². The average Bonchev–Trinajstić information content (AvgIpc) is 3.28. The van der Waals surface area contributed by atoms with Gasteiger partial charge in [0, 0.05) is 27.6 Å². The molecule has 1 amide bonds. The normalized spacial score (nSPS) is 11.3. The lowest BCUT2D eigenvalue weighted by Crippen LogP contribution is -2.12. The van der Waals surface area contributed by atoms with E-state index in [1.165, 1.54) is 0 Å². The molecule has 33 heavy (non-hydrogen) atoms. The lowest BCUT2D eigenvalue weighted by atomic mass is 10.0. The molecule has 158 valence electrons. The first-order chi connectivity index (χ1) is 16.2. The maximum atomic E-state index is 13.1. The van der Waals surface area contributed by atoms with E-state index in [0.29, 0.717) is 22.7 Å². The van der Waals surface area contributed by atoms with Gasteiger partial charge in [0.2, 0.25) is 0 Å². The third-order valence-electron chi connectivity index (χ3n) is 5.86. The Morgan fingerprint density at radius 2 is 1.52 bits per heavy atom. The van der Waals surface area contributed by atoms with Gasteiger partial charge in [-0.25, -0.2) is 0 Å². The van der Waals surface area contributed by atoms with Crippen LogP contribution in [-0.2, 0) is 0 Å². The summed E-state index contributed by atoms with van der Waals surface area (Å²) in [5.74, 6) is 0.468. The minimum absolute atomic E-state index is 0.157. The van der Waals surface area contributed by atoms with Gasteiger partial charge in [-0.3, -0.25) is 4.79 Å². The molecule has 0 aliphatic carbocycles. The summed E-state index contributed by atoms with van der Waals surface area (Å²) in [5.41, 5.74) is 3.74. The highest BCUT2D eigenvalue weighted by Gasteiger charge is 2.15. The van der Waals surface area contributed by atoms with E-state index < -0.39 is 0 Å². The molecule has 0 saturated carbocycles. The highest BCUT2D eigenvalue weighted by atomic mass is 16.1. The molecule has 0 spiro atoms. The van der Waals surface area contributed by atoms with Crippen molar-refractivity contribution in [1.82, 2.24) is 19.8 Å². The van der Waals surface area contributed by atoms with Crippen molar-refractivity contribution >= 4 is 38.8 Å². The largest absolute Gasteiger partial charge is 0.322 e. The number of amides is 1. The monoisotopic (exact) mass is 429 g/mol. The van der Waals surface area contributed by atoms with E-state index in [-0.39, 0.29) is 5.91 Å². The first-order valence-corrected chi connectivity index (χ1v) is 10.7. The van der Waals surface area contributed by atoms with Crippen molar-refractivity contribution in [3.8, 4) is 11.4 Å². The summed E-state index contributed by atoms with van der Waals surface area (Å²) in [5, 5.41) is 20.6. The molecule has 0 unspecified atom stereocenters. The van der Waals surface area contributed by atoms with Gasteiger partial charge in [-0.2, -0.15) is 9.61 Å². The molecule has 6 rings (SSSR count). The van der Waals surface area contributed by atoms with Gasteiger partial charge < -0.3 is 5.32 Å². The molecule has 2 heterocycles. The SMILES string of the molecule is Cc1nn2c(-c3cccc(NC(=O)c4cccc5ccccc45)c3)nnc2c2ccccc12. The number of hydrogen-bond acceptors (Lipinski definition) is 4. The lowest BCUT2D eigenvalue weighted by Gasteiger charge is -2.09. The number of carbonyl (C=O) groups excluding carboxylic acids is 1. The van der Waals surface area contributed by atoms with Crippen LogP contribution in [0.5, 0.6) is 0 Å². The predicted octanol–water partition coefficient (Wildman–Crippen LogP) is 5.66. The van der Waals surface area contributed by atoms with E-state index in [0.717, 1.165) is 32.8 Å². The number of aryl methyl sites for hydroxylation is 1. The highest BCUT2D eigenvalue weighted by molar-refractivity contribution is 6.13. The number of nitrogens with zero attached hydrogens (tertiary/aromatic N) is 4. The smallest absolute Gasteiger partial charge is 0.256 e. The Labute approximate surface area is 189 Å². The number of carbonyl (C=O) groups is 1. The minimum Gasteiger partial charge on any atom is -0.322 e. The second kappa shape index (κ2) is 7.53. The zero-order chi connectivity index (χ0) is 22.4. The molecule has 6 aromatic rings. The van der Waals surface area contributed by atoms with Crippen LogP contribution in [0.25, 0.3) is 38.6 Å². The maximum Gasteiger partial charge on any atom is 0.256 e. The van der Waals surface area contributed by atoms with Gasteiger partial charge >= 0.3 is 0 Å². The first kappa shape index (κ1) is 19.1. The van der Waals surface area contributed by atoms with Crippen LogP contribution in [0.4, 0.5) is 5.69 Å². The quantitative estimate of drug-likeness (QED) is 0.394. The predicted molar refractivity (Wildman–Crippen MR) is 130 cm³/mol. The number of rotatable bonds is 3. The fourth-order valence-corrected chi connectivity index (χ4v) is 4.28. The summed E-state index contributed by atoms with van der Waals surface area (Å²) < 4.78 is 1.77. The number of hydrogen-bond donors (Lipinski definition) is 1. The van der Waals surface area contributed by atoms with Crippen molar-refractivity contribution in [2.45, 2.75) is 6.92 Å². The van der Waals surface area contributed by atoms with Gasteiger partial charge in [-0.1, -0.05) is 72.8 Å². The standard InChI is InChI=1S/C27H19N5O/c1-17-21-12-4-5-14-23(21)26-30-29-25(32(26)31-17)19-10-6-11-20(16-19)28-27(33)24-15-7-9-18-8-2-3-13-22(18)24/h2-16H,1H3,(H,28,33). The molecule has 2 aromatic heterocycles. The van der Waals surface area contributed by atoms with Gasteiger partial charge in [0.05, 0.1) is 5.69 Å². The van der Waals surface area contributed by atoms with Crippen LogP contribution < -0.4 is 5.32 Å². The van der Waals surface area contributed by atoms with Crippen molar-refractivity contribution < 1.29 is 4.79 Å². The number of benzene rings is 4. The van der Waals surface area contributed by atoms with Crippen molar-refractivity contribution in [2.24, 2.45) is 0 Å². The molecule has 0 radical (unpaired) electrons. The van der Waals surface area contributed by atoms with Crippen LogP contribution in [-0.4, -0.2) is 25.7 Å². The van der Waals surface area contributed by atoms with Crippen LogP contribution in [0.1, 0.15) is 16.1 Å². The summed E-state index contributed by atoms with van der Waals surface area (Å²) in [4.78, 5) is 13.1. The van der Waals surface area contributed by atoms with Crippen molar-refractivity contribution in [3.63, 3.8) is 0 Å². The Hall–Kier alpha value is -4.58. The molecular formula is C27H19N5O. The number of aromatic nitrogens is 4. The van der Waals surface area contributed by atoms with Gasteiger partial charge in [-0.15, -0.1) is 10.2 Å². The van der Waals surface area contributed by atoms with E-state index in [2.05, 4.69) is 15.5 Å². The lowest BCUT2D eigenvalue weighted by molar-refractivity contribution is 0.102. The van der Waals surface area contributed by atoms with Crippen molar-refractivity contribution in [1.29, 1.82) is 0 Å². The molecule has 0 saturated heterocycles. The van der Waals surface area contributed by atoms with E-state index in [4.69, 9.17) is 5.10 Å². The summed E-state index contributed by atoms with van der Waals surface area (Å²) in [6, 6.07) is 29.2. The average molecular weight is 429 g/mol. The molecule has 4 aromatic carbocycles. The molecular weight excluding hydrogens is 410 g/mol. The van der Waals surface area contributed by atoms with E-state index >= 15 is 0 Å². The van der Waals surface area contributed by atoms with Crippen LogP contribution in [0.15, 0.2) is 91.0 Å². The van der Waals surface area contributed by atoms with Gasteiger partial charge in [-0.05, 0) is 35.9 Å². The molecule has 0 bridgehead atoms. The second-order valence-corrected chi connectivity index (χ2v) is 7.95. The van der Waals surface area contributed by atoms with E-state index in [1.807, 2.05) is 97.9 Å². The molecule has 1 N–H and O–H groups in total. The van der Waals surface area contributed by atoms with Crippen molar-refractivity contribution in [2.75, 3.05) is 5.32 Å². The minimum atomic E-state index is -0.157. The van der Waals surface area contributed by atoms with Crippen LogP contribution >= 0.6 is 0 Å². The molecule has 6 nitrogen and oxygen atoms in total. The number of nitrogens with one attached hydrogen (secondary N) is 1. The Morgan fingerprint density at radius 1 is 0.788 bits per heavy atom. The van der Waals surface area contributed by atoms with Crippen LogP contribution in [0.3, 0.4) is 0 Å². The Morgan fingerprint density at radius 3 is 2.39 bits per heavy atom. The van der Waals surface area contributed by atoms with Crippen LogP contribution in [0.2, 0.25) is 0 Å².